The summed E-state index contributed by atoms with van der Waals surface area (Å²) in [6.07, 6.45) is 0.591. The minimum absolute atomic E-state index is 0.257. The Balaban J connectivity index is 2.40. The predicted octanol–water partition coefficient (Wildman–Crippen LogP) is -0.578. The maximum Gasteiger partial charge on any atom is 0.405 e. The highest BCUT2D eigenvalue weighted by Gasteiger charge is 2.33. The van der Waals surface area contributed by atoms with Crippen LogP contribution in [0.15, 0.2) is 0 Å². The van der Waals surface area contributed by atoms with Gasteiger partial charge >= 0.3 is 6.09 Å². The predicted molar refractivity (Wildman–Crippen MR) is 53.9 cm³/mol. The van der Waals surface area contributed by atoms with E-state index in [-0.39, 0.29) is 12.5 Å². The molecule has 1 saturated heterocycles. The quantitative estimate of drug-likeness (QED) is 0.658. The average molecular weight is 215 g/mol. The molecule has 0 atom stereocenters. The van der Waals surface area contributed by atoms with Gasteiger partial charge in [0, 0.05) is 13.1 Å². The van der Waals surface area contributed by atoms with Crippen LogP contribution in [0.5, 0.6) is 0 Å². The molecule has 15 heavy (non-hydrogen) atoms. The van der Waals surface area contributed by atoms with Gasteiger partial charge in [0.25, 0.3) is 0 Å². The van der Waals surface area contributed by atoms with E-state index in [4.69, 9.17) is 16.2 Å². The highest BCUT2D eigenvalue weighted by molar-refractivity contribution is 5.75. The molecule has 86 valence electrons. The van der Waals surface area contributed by atoms with Gasteiger partial charge in [0.1, 0.15) is 5.60 Å². The normalized spacial score (nSPS) is 20.9. The van der Waals surface area contributed by atoms with Crippen LogP contribution in [0.25, 0.3) is 0 Å². The average Bonchev–Trinajstić information content (AvgIpc) is 2.07. The molecule has 0 spiro atoms. The molecule has 0 saturated carbocycles. The van der Waals surface area contributed by atoms with E-state index in [2.05, 4.69) is 0 Å². The molecule has 1 aliphatic heterocycles. The Kier molecular flexibility index (Phi) is 3.52. The van der Waals surface area contributed by atoms with Crippen molar-refractivity contribution in [2.75, 3.05) is 19.6 Å². The zero-order chi connectivity index (χ0) is 11.5. The van der Waals surface area contributed by atoms with Crippen molar-refractivity contribution in [3.63, 3.8) is 0 Å². The van der Waals surface area contributed by atoms with Crippen LogP contribution in [-0.2, 0) is 9.53 Å². The van der Waals surface area contributed by atoms with Gasteiger partial charge in [-0.3, -0.25) is 9.69 Å². The van der Waals surface area contributed by atoms with Crippen LogP contribution < -0.4 is 11.5 Å². The molecule has 0 unspecified atom stereocenters. The van der Waals surface area contributed by atoms with Crippen LogP contribution in [-0.4, -0.2) is 42.1 Å². The number of rotatable bonds is 3. The molecule has 0 aromatic heterocycles. The van der Waals surface area contributed by atoms with Crippen LogP contribution in [0.4, 0.5) is 4.79 Å². The molecule has 1 heterocycles. The first kappa shape index (κ1) is 11.8. The number of piperidine rings is 1. The molecule has 2 amide bonds. The largest absolute Gasteiger partial charge is 0.443 e. The van der Waals surface area contributed by atoms with Gasteiger partial charge < -0.3 is 16.2 Å². The van der Waals surface area contributed by atoms with E-state index in [1.807, 2.05) is 11.8 Å². The lowest BCUT2D eigenvalue weighted by Gasteiger charge is -2.37. The smallest absolute Gasteiger partial charge is 0.405 e. The number of carbonyl (C=O) groups excluding carboxylic acids is 2. The fourth-order valence-corrected chi connectivity index (χ4v) is 1.75. The topological polar surface area (TPSA) is 98.7 Å². The second-order valence-electron chi connectivity index (χ2n) is 4.11. The molecule has 0 bridgehead atoms. The number of nitrogens with two attached hydrogens (primary N) is 2. The summed E-state index contributed by atoms with van der Waals surface area (Å²) >= 11 is 0. The van der Waals surface area contributed by atoms with Crippen LogP contribution in [0.2, 0.25) is 0 Å². The minimum Gasteiger partial charge on any atom is -0.443 e. The molecule has 0 aromatic carbocycles. The van der Waals surface area contributed by atoms with Gasteiger partial charge in [-0.2, -0.15) is 0 Å². The van der Waals surface area contributed by atoms with E-state index in [1.54, 1.807) is 0 Å². The zero-order valence-electron chi connectivity index (χ0n) is 8.86. The Bertz CT molecular complexity index is 259. The molecule has 0 aliphatic carbocycles. The van der Waals surface area contributed by atoms with Gasteiger partial charge in [0.05, 0.1) is 6.54 Å². The maximum atomic E-state index is 10.7. The highest BCUT2D eigenvalue weighted by atomic mass is 16.6. The molecule has 0 aromatic rings. The lowest BCUT2D eigenvalue weighted by Crippen LogP contribution is -2.48. The minimum atomic E-state index is -0.749. The van der Waals surface area contributed by atoms with Crippen LogP contribution in [0.1, 0.15) is 19.8 Å². The first-order valence-electron chi connectivity index (χ1n) is 4.90. The molecule has 4 N–H and O–H groups in total. The Morgan fingerprint density at radius 3 is 2.27 bits per heavy atom. The van der Waals surface area contributed by atoms with E-state index in [9.17, 15) is 9.59 Å². The number of carbonyl (C=O) groups is 2. The van der Waals surface area contributed by atoms with Crippen molar-refractivity contribution in [3.8, 4) is 0 Å². The third-order valence-electron chi connectivity index (χ3n) is 2.64. The van der Waals surface area contributed by atoms with E-state index < -0.39 is 11.7 Å². The van der Waals surface area contributed by atoms with E-state index in [1.165, 1.54) is 0 Å². The third-order valence-corrected chi connectivity index (χ3v) is 2.64. The van der Waals surface area contributed by atoms with Crippen molar-refractivity contribution in [1.29, 1.82) is 0 Å². The molecule has 6 nitrogen and oxygen atoms in total. The summed E-state index contributed by atoms with van der Waals surface area (Å²) in [6, 6.07) is 0. The number of hydrogen-bond donors (Lipinski definition) is 2. The monoisotopic (exact) mass is 215 g/mol. The second-order valence-corrected chi connectivity index (χ2v) is 4.11. The van der Waals surface area contributed by atoms with Gasteiger partial charge in [0.2, 0.25) is 5.91 Å². The number of likely N-dealkylation sites (tertiary alicyclic amines) is 1. The fourth-order valence-electron chi connectivity index (χ4n) is 1.75. The van der Waals surface area contributed by atoms with Gasteiger partial charge in [-0.05, 0) is 19.8 Å². The second kappa shape index (κ2) is 4.48. The SMILES string of the molecule is CC1(OC(N)=O)CCN(CC(N)=O)CC1. The Morgan fingerprint density at radius 1 is 1.33 bits per heavy atom. The number of primary amides is 2. The van der Waals surface area contributed by atoms with Gasteiger partial charge in [-0.15, -0.1) is 0 Å². The molecule has 1 fully saturated rings. The number of nitrogens with zero attached hydrogens (tertiary/aromatic N) is 1. The first-order valence-corrected chi connectivity index (χ1v) is 4.90. The summed E-state index contributed by atoms with van der Waals surface area (Å²) in [5.41, 5.74) is 9.56. The lowest BCUT2D eigenvalue weighted by atomic mass is 9.93. The molecule has 1 rings (SSSR count). The van der Waals surface area contributed by atoms with Crippen molar-refractivity contribution < 1.29 is 14.3 Å². The molecular weight excluding hydrogens is 198 g/mol. The zero-order valence-corrected chi connectivity index (χ0v) is 8.86. The summed E-state index contributed by atoms with van der Waals surface area (Å²) in [5.74, 6) is -0.338. The van der Waals surface area contributed by atoms with Crippen LogP contribution >= 0.6 is 0 Å². The Labute approximate surface area is 88.5 Å². The van der Waals surface area contributed by atoms with Crippen molar-refractivity contribution in [1.82, 2.24) is 4.90 Å². The fraction of sp³-hybridized carbons (Fsp3) is 0.778. The Morgan fingerprint density at radius 2 is 1.87 bits per heavy atom. The van der Waals surface area contributed by atoms with E-state index >= 15 is 0 Å². The van der Waals surface area contributed by atoms with Crippen molar-refractivity contribution in [2.45, 2.75) is 25.4 Å². The maximum absolute atomic E-state index is 10.7. The third kappa shape index (κ3) is 3.75. The lowest BCUT2D eigenvalue weighted by molar-refractivity contribution is -0.120. The van der Waals surface area contributed by atoms with Crippen LogP contribution in [0, 0.1) is 0 Å². The number of hydrogen-bond acceptors (Lipinski definition) is 4. The highest BCUT2D eigenvalue weighted by Crippen LogP contribution is 2.25. The molecule has 6 heteroatoms. The summed E-state index contributed by atoms with van der Waals surface area (Å²) in [6.45, 7) is 3.48. The number of amides is 2. The number of ether oxygens (including phenoxy) is 1. The van der Waals surface area contributed by atoms with Crippen LogP contribution in [0.3, 0.4) is 0 Å². The molecule has 0 radical (unpaired) electrons. The molecule has 1 aliphatic rings. The van der Waals surface area contributed by atoms with Gasteiger partial charge in [-0.1, -0.05) is 0 Å². The Hall–Kier alpha value is -1.30. The van der Waals surface area contributed by atoms with Crippen molar-refractivity contribution >= 4 is 12.0 Å². The van der Waals surface area contributed by atoms with E-state index in [0.29, 0.717) is 25.9 Å². The van der Waals surface area contributed by atoms with Gasteiger partial charge in [-0.25, -0.2) is 4.79 Å². The van der Waals surface area contributed by atoms with E-state index in [0.717, 1.165) is 0 Å². The van der Waals surface area contributed by atoms with Crippen molar-refractivity contribution in [2.24, 2.45) is 11.5 Å². The standard InChI is InChI=1S/C9H17N3O3/c1-9(15-8(11)14)2-4-12(5-3-9)6-7(10)13/h2-6H2,1H3,(H2,10,13)(H2,11,14). The summed E-state index contributed by atoms with van der Waals surface area (Å²) in [4.78, 5) is 23.3. The summed E-state index contributed by atoms with van der Waals surface area (Å²) < 4.78 is 5.03. The summed E-state index contributed by atoms with van der Waals surface area (Å²) in [5, 5.41) is 0. The summed E-state index contributed by atoms with van der Waals surface area (Å²) in [7, 11) is 0. The molecular formula is C9H17N3O3. The van der Waals surface area contributed by atoms with Crippen molar-refractivity contribution in [3.05, 3.63) is 0 Å². The first-order chi connectivity index (χ1) is 6.91. The van der Waals surface area contributed by atoms with Gasteiger partial charge in [0.15, 0.2) is 0 Å².